The van der Waals surface area contributed by atoms with Crippen molar-refractivity contribution in [2.45, 2.75) is 27.4 Å². The van der Waals surface area contributed by atoms with Crippen LogP contribution < -0.4 is 15.1 Å². The van der Waals surface area contributed by atoms with Gasteiger partial charge in [-0.05, 0) is 24.6 Å². The van der Waals surface area contributed by atoms with Crippen LogP contribution in [-0.2, 0) is 11.4 Å². The number of rotatable bonds is 6. The molecule has 3 rings (SSSR count). The first-order valence-electron chi connectivity index (χ1n) is 9.24. The Morgan fingerprint density at radius 2 is 1.96 bits per heavy atom. The number of hydrogen-bond acceptors (Lipinski definition) is 5. The molecule has 27 heavy (non-hydrogen) atoms. The van der Waals surface area contributed by atoms with E-state index in [1.54, 1.807) is 18.8 Å². The van der Waals surface area contributed by atoms with Gasteiger partial charge in [0.05, 0.1) is 12.7 Å². The van der Waals surface area contributed by atoms with Crippen molar-refractivity contribution in [3.05, 3.63) is 46.7 Å². The third-order valence-electron chi connectivity index (χ3n) is 4.11. The Labute approximate surface area is 171 Å². The van der Waals surface area contributed by atoms with E-state index in [1.807, 2.05) is 56.8 Å². The second kappa shape index (κ2) is 11.4. The molecule has 1 aromatic carbocycles. The molecule has 2 heterocycles. The smallest absolute Gasteiger partial charge is 0.204 e. The minimum absolute atomic E-state index is 0.374. The number of aromatic nitrogens is 1. The highest BCUT2D eigenvalue weighted by Crippen LogP contribution is 2.30. The van der Waals surface area contributed by atoms with E-state index in [-0.39, 0.29) is 0 Å². The molecule has 0 amide bonds. The summed E-state index contributed by atoms with van der Waals surface area (Å²) in [6.07, 6.45) is 1.76. The summed E-state index contributed by atoms with van der Waals surface area (Å²) in [6.45, 7) is 8.46. The van der Waals surface area contributed by atoms with Crippen LogP contribution >= 0.6 is 23.4 Å². The van der Waals surface area contributed by atoms with Gasteiger partial charge in [-0.15, -0.1) is 0 Å². The molecule has 0 radical (unpaired) electrons. The molecule has 0 atom stereocenters. The predicted octanol–water partition coefficient (Wildman–Crippen LogP) is 3.96. The predicted molar refractivity (Wildman–Crippen MR) is 114 cm³/mol. The van der Waals surface area contributed by atoms with Gasteiger partial charge in [0.25, 0.3) is 0 Å². The maximum absolute atomic E-state index is 6.39. The van der Waals surface area contributed by atoms with Crippen LogP contribution in [0.5, 0.6) is 5.75 Å². The van der Waals surface area contributed by atoms with E-state index in [1.165, 1.54) is 0 Å². The van der Waals surface area contributed by atoms with E-state index >= 15 is 0 Å². The van der Waals surface area contributed by atoms with Crippen molar-refractivity contribution in [3.8, 4) is 5.75 Å². The number of halogens is 1. The molecule has 5 nitrogen and oxygen atoms in total. The lowest BCUT2D eigenvalue weighted by Gasteiger charge is -2.30. The van der Waals surface area contributed by atoms with Gasteiger partial charge in [-0.2, -0.15) is 17.2 Å². The van der Waals surface area contributed by atoms with Gasteiger partial charge in [0.1, 0.15) is 11.8 Å². The Hall–Kier alpha value is -1.47. The van der Waals surface area contributed by atoms with E-state index in [2.05, 4.69) is 9.88 Å². The van der Waals surface area contributed by atoms with Gasteiger partial charge in [0.2, 0.25) is 5.69 Å². The first-order chi connectivity index (χ1) is 13.2. The summed E-state index contributed by atoms with van der Waals surface area (Å²) in [6, 6.07) is 8.04. The number of anilines is 1. The molecule has 0 bridgehead atoms. The monoisotopic (exact) mass is 410 g/mol. The fourth-order valence-corrected chi connectivity index (χ4v) is 3.97. The van der Waals surface area contributed by atoms with E-state index < -0.39 is 0 Å². The van der Waals surface area contributed by atoms with Crippen molar-refractivity contribution >= 4 is 34.7 Å². The van der Waals surface area contributed by atoms with Crippen molar-refractivity contribution in [3.63, 3.8) is 0 Å². The van der Waals surface area contributed by atoms with Gasteiger partial charge in [-0.25, -0.2) is 9.82 Å². The molecular formula is C20H29ClN3O2S+. The zero-order valence-corrected chi connectivity index (χ0v) is 18.1. The minimum atomic E-state index is 0.374. The molecule has 0 unspecified atom stereocenters. The molecular weight excluding hydrogens is 382 g/mol. The molecule has 1 saturated heterocycles. The van der Waals surface area contributed by atoms with E-state index in [9.17, 15) is 0 Å². The van der Waals surface area contributed by atoms with Crippen molar-refractivity contribution in [1.29, 1.82) is 0 Å². The van der Waals surface area contributed by atoms with Gasteiger partial charge in [0.15, 0.2) is 5.75 Å². The largest absolute Gasteiger partial charge is 0.482 e. The van der Waals surface area contributed by atoms with Crippen molar-refractivity contribution < 1.29 is 15.1 Å². The third-order valence-corrected chi connectivity index (χ3v) is 5.38. The lowest BCUT2D eigenvalue weighted by atomic mass is 10.2. The Balaban J connectivity index is 0.00000126. The van der Waals surface area contributed by atoms with Crippen LogP contribution in [0.1, 0.15) is 25.0 Å². The van der Waals surface area contributed by atoms with Gasteiger partial charge >= 0.3 is 0 Å². The number of quaternary nitrogens is 1. The van der Waals surface area contributed by atoms with Gasteiger partial charge in [-0.1, -0.05) is 31.5 Å². The standard InChI is InChI=1S/C18H22ClN3O2S.C2H6/c1-13-3-4-17(15(11-13)21-23-2)24-12-14-16(5-6-20-18(14)19)22-7-9-25-10-8-22;1-2/h3-6,11,21H,7-10,12H2,1-2H3;1-2H3/p+1. The fourth-order valence-electron chi connectivity index (χ4n) is 2.86. The summed E-state index contributed by atoms with van der Waals surface area (Å²) < 4.78 is 6.08. The minimum Gasteiger partial charge on any atom is -0.482 e. The van der Waals surface area contributed by atoms with Crippen LogP contribution in [0.25, 0.3) is 0 Å². The summed E-state index contributed by atoms with van der Waals surface area (Å²) in [7, 11) is 1.64. The molecule has 0 saturated carbocycles. The molecule has 1 aromatic heterocycles. The number of nitrogens with zero attached hydrogens (tertiary/aromatic N) is 2. The number of nitrogens with two attached hydrogens (primary N) is 1. The van der Waals surface area contributed by atoms with Crippen LogP contribution in [-0.4, -0.2) is 36.7 Å². The second-order valence-corrected chi connectivity index (χ2v) is 7.47. The summed E-state index contributed by atoms with van der Waals surface area (Å²) in [5.41, 5.74) is 5.81. The van der Waals surface area contributed by atoms with E-state index in [0.717, 1.165) is 52.8 Å². The van der Waals surface area contributed by atoms with Crippen molar-refractivity contribution in [2.75, 3.05) is 36.6 Å². The normalized spacial score (nSPS) is 13.7. The van der Waals surface area contributed by atoms with E-state index in [4.69, 9.17) is 21.2 Å². The van der Waals surface area contributed by atoms with Gasteiger partial charge in [-0.3, -0.25) is 0 Å². The molecule has 2 aromatic rings. The highest BCUT2D eigenvalue weighted by molar-refractivity contribution is 7.99. The lowest BCUT2D eigenvalue weighted by Crippen LogP contribution is -2.76. The summed E-state index contributed by atoms with van der Waals surface area (Å²) >= 11 is 8.37. The highest BCUT2D eigenvalue weighted by atomic mass is 35.5. The molecule has 0 spiro atoms. The van der Waals surface area contributed by atoms with Crippen LogP contribution in [0.15, 0.2) is 30.5 Å². The van der Waals surface area contributed by atoms with Crippen LogP contribution in [0, 0.1) is 6.92 Å². The zero-order valence-electron chi connectivity index (χ0n) is 16.5. The first kappa shape index (κ1) is 21.8. The second-order valence-electron chi connectivity index (χ2n) is 5.88. The number of thioether (sulfide) groups is 1. The quantitative estimate of drug-likeness (QED) is 0.443. The Morgan fingerprint density at radius 3 is 2.67 bits per heavy atom. The first-order valence-corrected chi connectivity index (χ1v) is 10.8. The number of aryl methyl sites for hydroxylation is 1. The highest BCUT2D eigenvalue weighted by Gasteiger charge is 2.18. The molecule has 0 aliphatic carbocycles. The summed E-state index contributed by atoms with van der Waals surface area (Å²) in [5, 5.41) is 0.500. The maximum Gasteiger partial charge on any atom is 0.204 e. The molecule has 1 aliphatic rings. The molecule has 7 heteroatoms. The van der Waals surface area contributed by atoms with Gasteiger partial charge in [0, 0.05) is 42.5 Å². The lowest BCUT2D eigenvalue weighted by molar-refractivity contribution is -0.830. The zero-order chi connectivity index (χ0) is 19.6. The number of pyridine rings is 1. The third kappa shape index (κ3) is 6.01. The Kier molecular flexibility index (Phi) is 9.21. The summed E-state index contributed by atoms with van der Waals surface area (Å²) in [5.74, 6) is 3.03. The number of benzene rings is 1. The maximum atomic E-state index is 6.39. The molecule has 1 aliphatic heterocycles. The van der Waals surface area contributed by atoms with Crippen molar-refractivity contribution in [1.82, 2.24) is 4.98 Å². The molecule has 2 N–H and O–H groups in total. The van der Waals surface area contributed by atoms with Crippen LogP contribution in [0.4, 0.5) is 11.4 Å². The van der Waals surface area contributed by atoms with Crippen LogP contribution in [0.2, 0.25) is 5.15 Å². The number of hydrogen-bond donors (Lipinski definition) is 1. The Morgan fingerprint density at radius 1 is 1.22 bits per heavy atom. The Bertz CT molecular complexity index is 724. The van der Waals surface area contributed by atoms with E-state index in [0.29, 0.717) is 11.8 Å². The fraction of sp³-hybridized carbons (Fsp3) is 0.450. The average molecular weight is 411 g/mol. The molecule has 148 valence electrons. The van der Waals surface area contributed by atoms with Crippen molar-refractivity contribution in [2.24, 2.45) is 0 Å². The van der Waals surface area contributed by atoms with Crippen LogP contribution in [0.3, 0.4) is 0 Å². The van der Waals surface area contributed by atoms with Gasteiger partial charge < -0.3 is 9.64 Å². The average Bonchev–Trinajstić information content (AvgIpc) is 2.70. The summed E-state index contributed by atoms with van der Waals surface area (Å²) in [4.78, 5) is 11.8. The SMILES string of the molecule is CC.CO[NH2+]c1cc(C)ccc1OCc1c(N2CCSCC2)ccnc1Cl. The molecule has 1 fully saturated rings. The topological polar surface area (TPSA) is 51.2 Å². The number of ether oxygens (including phenoxy) is 1.